The molecule has 22 heavy (non-hydrogen) atoms. The van der Waals surface area contributed by atoms with Crippen LogP contribution in [0.15, 0.2) is 4.52 Å². The molecule has 1 aromatic heterocycles. The molecule has 0 bridgehead atoms. The summed E-state index contributed by atoms with van der Waals surface area (Å²) in [5.41, 5.74) is 0. The van der Waals surface area contributed by atoms with Crippen LogP contribution in [-0.2, 0) is 13.0 Å². The summed E-state index contributed by atoms with van der Waals surface area (Å²) >= 11 is 0. The molecular weight excluding hydrogens is 282 g/mol. The number of carbonyl (C=O) groups excluding carboxylic acids is 1. The van der Waals surface area contributed by atoms with Gasteiger partial charge in [0.1, 0.15) is 0 Å². The van der Waals surface area contributed by atoms with Crippen molar-refractivity contribution in [2.24, 2.45) is 5.92 Å². The number of hydrogen-bond acceptors (Lipinski definition) is 5. The largest absolute Gasteiger partial charge is 0.339 e. The molecule has 122 valence electrons. The van der Waals surface area contributed by atoms with Gasteiger partial charge in [-0.3, -0.25) is 0 Å². The number of nitrogens with zero attached hydrogens (tertiary/aromatic N) is 4. The highest BCUT2D eigenvalue weighted by Gasteiger charge is 2.34. The second-order valence-electron chi connectivity index (χ2n) is 6.38. The van der Waals surface area contributed by atoms with E-state index in [-0.39, 0.29) is 6.03 Å². The van der Waals surface area contributed by atoms with E-state index in [4.69, 9.17) is 4.52 Å². The van der Waals surface area contributed by atoms with E-state index in [1.54, 1.807) is 11.9 Å². The fraction of sp³-hybridized carbons (Fsp3) is 0.800. The standard InChI is InChI=1S/C15H25N5O2/c1-3-14-17-13(18-22-14)10-19(2)15(21)16-8-11-6-7-20(9-11)12-4-5-12/h11-12H,3-10H2,1-2H3,(H,16,21)/t11-/m0/s1. The van der Waals surface area contributed by atoms with Crippen LogP contribution in [0.1, 0.15) is 37.9 Å². The first kappa shape index (κ1) is 15.3. The third-order valence-corrected chi connectivity index (χ3v) is 4.46. The van der Waals surface area contributed by atoms with Crippen LogP contribution in [0.4, 0.5) is 4.79 Å². The summed E-state index contributed by atoms with van der Waals surface area (Å²) in [5.74, 6) is 1.74. The first-order chi connectivity index (χ1) is 10.7. The molecule has 0 aromatic carbocycles. The van der Waals surface area contributed by atoms with Gasteiger partial charge < -0.3 is 19.6 Å². The Morgan fingerprint density at radius 2 is 2.27 bits per heavy atom. The number of carbonyl (C=O) groups is 1. The van der Waals surface area contributed by atoms with Crippen molar-refractivity contribution in [2.75, 3.05) is 26.7 Å². The van der Waals surface area contributed by atoms with E-state index in [2.05, 4.69) is 20.4 Å². The molecule has 1 N–H and O–H groups in total. The van der Waals surface area contributed by atoms with Gasteiger partial charge in [0, 0.05) is 32.6 Å². The summed E-state index contributed by atoms with van der Waals surface area (Å²) < 4.78 is 5.05. The fourth-order valence-electron chi connectivity index (χ4n) is 2.95. The third kappa shape index (κ3) is 3.76. The molecule has 3 rings (SSSR count). The molecule has 1 saturated carbocycles. The van der Waals surface area contributed by atoms with Gasteiger partial charge in [-0.2, -0.15) is 4.98 Å². The molecule has 1 saturated heterocycles. The number of likely N-dealkylation sites (tertiary alicyclic amines) is 1. The van der Waals surface area contributed by atoms with Gasteiger partial charge >= 0.3 is 6.03 Å². The molecule has 0 unspecified atom stereocenters. The molecule has 1 aliphatic heterocycles. The summed E-state index contributed by atoms with van der Waals surface area (Å²) in [5, 5.41) is 6.89. The van der Waals surface area contributed by atoms with E-state index in [0.29, 0.717) is 30.6 Å². The maximum Gasteiger partial charge on any atom is 0.317 e. The minimum absolute atomic E-state index is 0.0762. The minimum Gasteiger partial charge on any atom is -0.339 e. The maximum absolute atomic E-state index is 12.1. The molecule has 2 aliphatic rings. The van der Waals surface area contributed by atoms with Gasteiger partial charge in [-0.15, -0.1) is 0 Å². The van der Waals surface area contributed by atoms with E-state index in [9.17, 15) is 4.79 Å². The monoisotopic (exact) mass is 307 g/mol. The SMILES string of the molecule is CCc1nc(CN(C)C(=O)NC[C@@H]2CCN(C3CC3)C2)no1. The molecule has 1 aliphatic carbocycles. The molecule has 2 heterocycles. The topological polar surface area (TPSA) is 74.5 Å². The summed E-state index contributed by atoms with van der Waals surface area (Å²) in [4.78, 5) is 20.5. The number of rotatable bonds is 6. The minimum atomic E-state index is -0.0762. The van der Waals surface area contributed by atoms with Crippen molar-refractivity contribution in [3.63, 3.8) is 0 Å². The predicted octanol–water partition coefficient (Wildman–Crippen LogP) is 1.26. The highest BCUT2D eigenvalue weighted by Crippen LogP contribution is 2.31. The Morgan fingerprint density at radius 1 is 1.45 bits per heavy atom. The van der Waals surface area contributed by atoms with E-state index in [1.807, 2.05) is 6.92 Å². The second kappa shape index (κ2) is 6.64. The van der Waals surface area contributed by atoms with Gasteiger partial charge in [-0.25, -0.2) is 4.79 Å². The van der Waals surface area contributed by atoms with E-state index in [1.165, 1.54) is 25.8 Å². The molecule has 2 fully saturated rings. The van der Waals surface area contributed by atoms with Gasteiger partial charge in [0.2, 0.25) is 5.89 Å². The van der Waals surface area contributed by atoms with Crippen molar-refractivity contribution < 1.29 is 9.32 Å². The van der Waals surface area contributed by atoms with Crippen LogP contribution in [0.2, 0.25) is 0 Å². The van der Waals surface area contributed by atoms with Crippen LogP contribution in [0.25, 0.3) is 0 Å². The van der Waals surface area contributed by atoms with Gasteiger partial charge in [0.15, 0.2) is 5.82 Å². The first-order valence-corrected chi connectivity index (χ1v) is 8.20. The smallest absolute Gasteiger partial charge is 0.317 e. The van der Waals surface area contributed by atoms with E-state index >= 15 is 0 Å². The molecule has 7 nitrogen and oxygen atoms in total. The highest BCUT2D eigenvalue weighted by molar-refractivity contribution is 5.73. The van der Waals surface area contributed by atoms with Gasteiger partial charge in [0.25, 0.3) is 0 Å². The summed E-state index contributed by atoms with van der Waals surface area (Å²) in [6.45, 7) is 5.39. The number of urea groups is 1. The fourth-order valence-corrected chi connectivity index (χ4v) is 2.95. The predicted molar refractivity (Wildman–Crippen MR) is 81.2 cm³/mol. The zero-order valence-corrected chi connectivity index (χ0v) is 13.4. The Labute approximate surface area is 131 Å². The lowest BCUT2D eigenvalue weighted by Crippen LogP contribution is -2.40. The molecule has 0 spiro atoms. The number of aryl methyl sites for hydroxylation is 1. The molecule has 7 heteroatoms. The van der Waals surface area contributed by atoms with Crippen molar-refractivity contribution in [2.45, 2.75) is 45.2 Å². The Balaban J connectivity index is 1.39. The van der Waals surface area contributed by atoms with Crippen LogP contribution in [0, 0.1) is 5.92 Å². The Bertz CT molecular complexity index is 514. The molecule has 1 aromatic rings. The zero-order chi connectivity index (χ0) is 15.5. The highest BCUT2D eigenvalue weighted by atomic mass is 16.5. The third-order valence-electron chi connectivity index (χ3n) is 4.46. The van der Waals surface area contributed by atoms with Gasteiger partial charge in [0.05, 0.1) is 6.54 Å². The molecule has 1 atom stereocenters. The molecule has 0 radical (unpaired) electrons. The average molecular weight is 307 g/mol. The lowest BCUT2D eigenvalue weighted by molar-refractivity contribution is 0.203. The van der Waals surface area contributed by atoms with Crippen LogP contribution in [-0.4, -0.2) is 58.7 Å². The van der Waals surface area contributed by atoms with Gasteiger partial charge in [-0.1, -0.05) is 12.1 Å². The maximum atomic E-state index is 12.1. The number of hydrogen-bond donors (Lipinski definition) is 1. The quantitative estimate of drug-likeness (QED) is 0.856. The van der Waals surface area contributed by atoms with Gasteiger partial charge in [-0.05, 0) is 31.7 Å². The van der Waals surface area contributed by atoms with Crippen LogP contribution in [0.3, 0.4) is 0 Å². The lowest BCUT2D eigenvalue weighted by Gasteiger charge is -2.18. The lowest BCUT2D eigenvalue weighted by atomic mass is 10.1. The van der Waals surface area contributed by atoms with Crippen molar-refractivity contribution in [3.05, 3.63) is 11.7 Å². The van der Waals surface area contributed by atoms with Crippen LogP contribution in [0.5, 0.6) is 0 Å². The Morgan fingerprint density at radius 3 is 2.95 bits per heavy atom. The summed E-state index contributed by atoms with van der Waals surface area (Å²) in [7, 11) is 1.75. The average Bonchev–Trinajstić information content (AvgIpc) is 3.09. The van der Waals surface area contributed by atoms with Crippen LogP contribution < -0.4 is 5.32 Å². The van der Waals surface area contributed by atoms with Crippen molar-refractivity contribution in [1.29, 1.82) is 0 Å². The Kier molecular flexibility index (Phi) is 4.61. The second-order valence-corrected chi connectivity index (χ2v) is 6.38. The summed E-state index contributed by atoms with van der Waals surface area (Å²) in [6.07, 6.45) is 4.60. The van der Waals surface area contributed by atoms with Crippen molar-refractivity contribution in [3.8, 4) is 0 Å². The van der Waals surface area contributed by atoms with Crippen molar-refractivity contribution in [1.82, 2.24) is 25.3 Å². The number of amides is 2. The number of nitrogens with one attached hydrogen (secondary N) is 1. The zero-order valence-electron chi connectivity index (χ0n) is 13.4. The first-order valence-electron chi connectivity index (χ1n) is 8.20. The summed E-state index contributed by atoms with van der Waals surface area (Å²) in [6, 6.07) is 0.752. The Hall–Kier alpha value is -1.63. The molecular formula is C15H25N5O2. The van der Waals surface area contributed by atoms with E-state index < -0.39 is 0 Å². The van der Waals surface area contributed by atoms with E-state index in [0.717, 1.165) is 19.1 Å². The van der Waals surface area contributed by atoms with Crippen molar-refractivity contribution >= 4 is 6.03 Å². The number of aromatic nitrogens is 2. The normalized spacial score (nSPS) is 22.0. The molecule has 2 amide bonds. The van der Waals surface area contributed by atoms with Crippen LogP contribution >= 0.6 is 0 Å².